The summed E-state index contributed by atoms with van der Waals surface area (Å²) in [5, 5.41) is 9.32. The van der Waals surface area contributed by atoms with Gasteiger partial charge in [-0.25, -0.2) is 9.18 Å². The Morgan fingerprint density at radius 3 is 2.48 bits per heavy atom. The van der Waals surface area contributed by atoms with E-state index in [1.807, 2.05) is 13.8 Å². The molecule has 1 aliphatic rings. The molecule has 1 saturated heterocycles. The van der Waals surface area contributed by atoms with Crippen LogP contribution in [-0.2, 0) is 11.3 Å². The van der Waals surface area contributed by atoms with Crippen LogP contribution in [0, 0.1) is 5.82 Å². The minimum Gasteiger partial charge on any atom is -0.483 e. The van der Waals surface area contributed by atoms with Crippen molar-refractivity contribution >= 4 is 18.2 Å². The minimum atomic E-state index is -1.23. The van der Waals surface area contributed by atoms with E-state index < -0.39 is 5.97 Å². The zero-order valence-electron chi connectivity index (χ0n) is 17.5. The predicted molar refractivity (Wildman–Crippen MR) is 112 cm³/mol. The SMILES string of the molecule is CC1CN(C(=O)COc2ccc(C=O)cc2C(=O)O)C(C)CN1Cc1ccc(F)cc1. The van der Waals surface area contributed by atoms with Crippen molar-refractivity contribution in [2.45, 2.75) is 32.5 Å². The molecule has 0 radical (unpaired) electrons. The summed E-state index contributed by atoms with van der Waals surface area (Å²) in [5.74, 6) is -1.70. The largest absolute Gasteiger partial charge is 0.483 e. The van der Waals surface area contributed by atoms with Crippen LogP contribution in [0.3, 0.4) is 0 Å². The average Bonchev–Trinajstić information content (AvgIpc) is 2.75. The number of hydrogen-bond acceptors (Lipinski definition) is 5. The number of carboxylic acid groups (broad SMARTS) is 1. The maximum Gasteiger partial charge on any atom is 0.339 e. The second-order valence-corrected chi connectivity index (χ2v) is 7.77. The molecule has 2 aromatic rings. The van der Waals surface area contributed by atoms with Crippen LogP contribution in [0.1, 0.15) is 40.1 Å². The summed E-state index contributed by atoms with van der Waals surface area (Å²) in [4.78, 5) is 39.0. The quantitative estimate of drug-likeness (QED) is 0.683. The van der Waals surface area contributed by atoms with Crippen LogP contribution in [0.15, 0.2) is 42.5 Å². The first-order valence-electron chi connectivity index (χ1n) is 10.0. The van der Waals surface area contributed by atoms with E-state index in [-0.39, 0.29) is 47.3 Å². The molecule has 0 aromatic heterocycles. The molecule has 0 spiro atoms. The van der Waals surface area contributed by atoms with Crippen LogP contribution in [0.2, 0.25) is 0 Å². The Morgan fingerprint density at radius 1 is 1.13 bits per heavy atom. The second-order valence-electron chi connectivity index (χ2n) is 7.77. The van der Waals surface area contributed by atoms with Gasteiger partial charge < -0.3 is 14.7 Å². The van der Waals surface area contributed by atoms with E-state index in [9.17, 15) is 23.9 Å². The van der Waals surface area contributed by atoms with E-state index >= 15 is 0 Å². The Morgan fingerprint density at radius 2 is 1.84 bits per heavy atom. The Kier molecular flexibility index (Phi) is 7.02. The minimum absolute atomic E-state index is 0.0436. The molecular formula is C23H25FN2O5. The summed E-state index contributed by atoms with van der Waals surface area (Å²) in [6.07, 6.45) is 0.551. The highest BCUT2D eigenvalue weighted by atomic mass is 19.1. The lowest BCUT2D eigenvalue weighted by Crippen LogP contribution is -2.58. The van der Waals surface area contributed by atoms with E-state index in [2.05, 4.69) is 4.90 Å². The fraction of sp³-hybridized carbons (Fsp3) is 0.348. The topological polar surface area (TPSA) is 87.1 Å². The first kappa shape index (κ1) is 22.4. The number of hydrogen-bond donors (Lipinski definition) is 1. The lowest BCUT2D eigenvalue weighted by atomic mass is 10.1. The molecule has 1 fully saturated rings. The van der Waals surface area contributed by atoms with E-state index in [1.54, 1.807) is 17.0 Å². The van der Waals surface area contributed by atoms with Gasteiger partial charge in [0.1, 0.15) is 23.4 Å². The van der Waals surface area contributed by atoms with Crippen molar-refractivity contribution in [1.82, 2.24) is 9.80 Å². The lowest BCUT2D eigenvalue weighted by Gasteiger charge is -2.44. The van der Waals surface area contributed by atoms with Crippen LogP contribution >= 0.6 is 0 Å². The number of aldehydes is 1. The van der Waals surface area contributed by atoms with Crippen LogP contribution in [0.25, 0.3) is 0 Å². The summed E-state index contributed by atoms with van der Waals surface area (Å²) in [5.41, 5.74) is 1.06. The molecule has 31 heavy (non-hydrogen) atoms. The molecule has 1 amide bonds. The van der Waals surface area contributed by atoms with Gasteiger partial charge in [0.15, 0.2) is 6.61 Å². The number of piperazine rings is 1. The van der Waals surface area contributed by atoms with Crippen LogP contribution < -0.4 is 4.74 Å². The number of aromatic carboxylic acids is 1. The zero-order chi connectivity index (χ0) is 22.5. The summed E-state index contributed by atoms with van der Waals surface area (Å²) >= 11 is 0. The van der Waals surface area contributed by atoms with Gasteiger partial charge in [-0.1, -0.05) is 12.1 Å². The third kappa shape index (κ3) is 5.46. The molecule has 0 bridgehead atoms. The fourth-order valence-electron chi connectivity index (χ4n) is 3.73. The maximum absolute atomic E-state index is 13.1. The van der Waals surface area contributed by atoms with Gasteiger partial charge in [-0.2, -0.15) is 0 Å². The number of benzene rings is 2. The Hall–Kier alpha value is -3.26. The van der Waals surface area contributed by atoms with Crippen molar-refractivity contribution in [1.29, 1.82) is 0 Å². The van der Waals surface area contributed by atoms with Gasteiger partial charge in [0, 0.05) is 37.3 Å². The highest BCUT2D eigenvalue weighted by Gasteiger charge is 2.32. The van der Waals surface area contributed by atoms with E-state index in [1.165, 1.54) is 30.3 Å². The Labute approximate surface area is 180 Å². The summed E-state index contributed by atoms with van der Waals surface area (Å²) in [7, 11) is 0. The van der Waals surface area contributed by atoms with Crippen LogP contribution in [-0.4, -0.2) is 64.8 Å². The number of carbonyl (C=O) groups is 3. The maximum atomic E-state index is 13.1. The van der Waals surface area contributed by atoms with Gasteiger partial charge in [-0.3, -0.25) is 14.5 Å². The predicted octanol–water partition coefficient (Wildman–Crippen LogP) is 2.84. The molecule has 2 atom stereocenters. The normalized spacial score (nSPS) is 19.1. The van der Waals surface area contributed by atoms with Crippen molar-refractivity contribution in [3.05, 3.63) is 65.0 Å². The first-order valence-corrected chi connectivity index (χ1v) is 10.0. The van der Waals surface area contributed by atoms with Gasteiger partial charge in [-0.15, -0.1) is 0 Å². The van der Waals surface area contributed by atoms with E-state index in [4.69, 9.17) is 4.74 Å². The van der Waals surface area contributed by atoms with Gasteiger partial charge in [0.05, 0.1) is 0 Å². The molecule has 8 heteroatoms. The lowest BCUT2D eigenvalue weighted by molar-refractivity contribution is -0.139. The molecule has 164 valence electrons. The van der Waals surface area contributed by atoms with Crippen LogP contribution in [0.5, 0.6) is 5.75 Å². The third-order valence-corrected chi connectivity index (χ3v) is 5.46. The first-order chi connectivity index (χ1) is 14.8. The molecule has 7 nitrogen and oxygen atoms in total. The highest BCUT2D eigenvalue weighted by molar-refractivity contribution is 5.93. The van der Waals surface area contributed by atoms with Crippen LogP contribution in [0.4, 0.5) is 4.39 Å². The van der Waals surface area contributed by atoms with E-state index in [0.29, 0.717) is 25.9 Å². The van der Waals surface area contributed by atoms with Crippen molar-refractivity contribution in [2.24, 2.45) is 0 Å². The number of amides is 1. The van der Waals surface area contributed by atoms with Gasteiger partial charge >= 0.3 is 5.97 Å². The van der Waals surface area contributed by atoms with Crippen molar-refractivity contribution in [2.75, 3.05) is 19.7 Å². The van der Waals surface area contributed by atoms with Gasteiger partial charge in [0.2, 0.25) is 0 Å². The smallest absolute Gasteiger partial charge is 0.339 e. The summed E-state index contributed by atoms with van der Waals surface area (Å²) < 4.78 is 18.6. The number of nitrogens with zero attached hydrogens (tertiary/aromatic N) is 2. The molecule has 2 aromatic carbocycles. The Bertz CT molecular complexity index is 963. The monoisotopic (exact) mass is 428 g/mol. The van der Waals surface area contributed by atoms with Crippen molar-refractivity contribution < 1.29 is 28.6 Å². The van der Waals surface area contributed by atoms with Gasteiger partial charge in [0.25, 0.3) is 5.91 Å². The molecular weight excluding hydrogens is 403 g/mol. The third-order valence-electron chi connectivity index (χ3n) is 5.46. The molecule has 0 aliphatic carbocycles. The van der Waals surface area contributed by atoms with Crippen molar-refractivity contribution in [3.8, 4) is 5.75 Å². The number of carbonyl (C=O) groups excluding carboxylic acids is 2. The van der Waals surface area contributed by atoms with Gasteiger partial charge in [-0.05, 0) is 49.7 Å². The zero-order valence-corrected chi connectivity index (χ0v) is 17.5. The average molecular weight is 428 g/mol. The Balaban J connectivity index is 1.61. The molecule has 1 heterocycles. The molecule has 1 N–H and O–H groups in total. The fourth-order valence-corrected chi connectivity index (χ4v) is 3.73. The number of carboxylic acids is 1. The number of rotatable bonds is 7. The number of halogens is 1. The molecule has 1 aliphatic heterocycles. The van der Waals surface area contributed by atoms with E-state index in [0.717, 1.165) is 5.56 Å². The number of ether oxygens (including phenoxy) is 1. The standard InChI is InChI=1S/C23H25FN2O5/c1-15-11-26(16(2)10-25(15)12-17-3-6-19(24)7-4-17)22(28)14-31-21-8-5-18(13-27)9-20(21)23(29)30/h3-9,13,15-16H,10-12,14H2,1-2H3,(H,29,30). The summed E-state index contributed by atoms with van der Waals surface area (Å²) in [6, 6.07) is 10.5. The highest BCUT2D eigenvalue weighted by Crippen LogP contribution is 2.22. The summed E-state index contributed by atoms with van der Waals surface area (Å²) in [6.45, 7) is 5.49. The van der Waals surface area contributed by atoms with Crippen molar-refractivity contribution in [3.63, 3.8) is 0 Å². The molecule has 0 saturated carbocycles. The molecule has 2 unspecified atom stereocenters. The molecule has 3 rings (SSSR count). The second kappa shape index (κ2) is 9.70.